The number of rotatable bonds is 3. The Morgan fingerprint density at radius 2 is 1.94 bits per heavy atom. The smallest absolute Gasteiger partial charge is 0.312 e. The first kappa shape index (κ1) is 13.3. The van der Waals surface area contributed by atoms with Crippen molar-refractivity contribution in [2.75, 3.05) is 0 Å². The zero-order valence-corrected chi connectivity index (χ0v) is 10.6. The molecule has 0 aliphatic rings. The molecule has 1 atom stereocenters. The second-order valence-corrected chi connectivity index (χ2v) is 4.86. The lowest BCUT2D eigenvalue weighted by Crippen LogP contribution is -2.24. The third-order valence-corrected chi connectivity index (χ3v) is 2.24. The van der Waals surface area contributed by atoms with Crippen LogP contribution in [0.3, 0.4) is 0 Å². The maximum Gasteiger partial charge on any atom is 0.312 e. The molecule has 0 saturated carbocycles. The fourth-order valence-corrected chi connectivity index (χ4v) is 1.24. The molecule has 17 heavy (non-hydrogen) atoms. The summed E-state index contributed by atoms with van der Waals surface area (Å²) in [6, 6.07) is 9.56. The van der Waals surface area contributed by atoms with Crippen molar-refractivity contribution in [2.45, 2.75) is 26.9 Å². The summed E-state index contributed by atoms with van der Waals surface area (Å²) < 4.78 is 5.44. The fraction of sp³-hybridized carbons (Fsp3) is 0.333. The van der Waals surface area contributed by atoms with Crippen LogP contribution in [0.4, 0.5) is 0 Å². The van der Waals surface area contributed by atoms with Crippen molar-refractivity contribution in [1.82, 2.24) is 0 Å². The molecule has 0 saturated heterocycles. The van der Waals surface area contributed by atoms with Gasteiger partial charge in [-0.15, -0.1) is 5.73 Å². The lowest BCUT2D eigenvalue weighted by molar-refractivity contribution is -0.156. The van der Waals surface area contributed by atoms with Gasteiger partial charge >= 0.3 is 5.97 Å². The van der Waals surface area contributed by atoms with Gasteiger partial charge in [0, 0.05) is 6.08 Å². The number of carbonyl (C=O) groups is 1. The highest BCUT2D eigenvalue weighted by atomic mass is 16.5. The third kappa shape index (κ3) is 3.93. The lowest BCUT2D eigenvalue weighted by atomic mass is 9.97. The number of hydrogen-bond acceptors (Lipinski definition) is 2. The maximum atomic E-state index is 11.8. The summed E-state index contributed by atoms with van der Waals surface area (Å²) >= 11 is 0. The number of hydrogen-bond donors (Lipinski definition) is 0. The van der Waals surface area contributed by atoms with Crippen molar-refractivity contribution in [1.29, 1.82) is 0 Å². The summed E-state index contributed by atoms with van der Waals surface area (Å²) in [5, 5.41) is 0. The molecule has 0 heterocycles. The summed E-state index contributed by atoms with van der Waals surface area (Å²) in [6.45, 7) is 9.01. The normalized spacial score (nSPS) is 12.4. The standard InChI is InChI=1S/C15H18O2/c1-5-9-13(12-10-7-6-8-11-12)17-14(16)15(2,3)4/h6-11,13H,1H2,2-4H3. The molecule has 0 N–H and O–H groups in total. The van der Waals surface area contributed by atoms with Crippen LogP contribution in [0.1, 0.15) is 32.4 Å². The largest absolute Gasteiger partial charge is 0.452 e. The van der Waals surface area contributed by atoms with E-state index in [0.717, 1.165) is 5.56 Å². The SMILES string of the molecule is C=C=CC(OC(=O)C(C)(C)C)c1ccccc1. The fourth-order valence-electron chi connectivity index (χ4n) is 1.24. The lowest BCUT2D eigenvalue weighted by Gasteiger charge is -2.21. The minimum atomic E-state index is -0.512. The van der Waals surface area contributed by atoms with E-state index < -0.39 is 11.5 Å². The molecule has 2 nitrogen and oxygen atoms in total. The third-order valence-electron chi connectivity index (χ3n) is 2.24. The first-order chi connectivity index (χ1) is 7.95. The van der Waals surface area contributed by atoms with E-state index >= 15 is 0 Å². The van der Waals surface area contributed by atoms with Gasteiger partial charge in [0.1, 0.15) is 0 Å². The zero-order chi connectivity index (χ0) is 12.9. The highest BCUT2D eigenvalue weighted by Crippen LogP contribution is 2.24. The molecule has 0 spiro atoms. The van der Waals surface area contributed by atoms with Gasteiger partial charge in [-0.25, -0.2) is 0 Å². The Balaban J connectivity index is 2.89. The van der Waals surface area contributed by atoms with Gasteiger partial charge in [-0.2, -0.15) is 0 Å². The van der Waals surface area contributed by atoms with Crippen molar-refractivity contribution < 1.29 is 9.53 Å². The molecule has 1 aromatic carbocycles. The molecule has 1 rings (SSSR count). The summed E-state index contributed by atoms with van der Waals surface area (Å²) in [5.41, 5.74) is 3.08. The molecular weight excluding hydrogens is 212 g/mol. The van der Waals surface area contributed by atoms with Crippen LogP contribution in [0.5, 0.6) is 0 Å². The van der Waals surface area contributed by atoms with Crippen LogP contribution in [-0.2, 0) is 9.53 Å². The zero-order valence-electron chi connectivity index (χ0n) is 10.6. The average Bonchev–Trinajstić information content (AvgIpc) is 2.28. The average molecular weight is 230 g/mol. The molecule has 0 radical (unpaired) electrons. The van der Waals surface area contributed by atoms with Crippen LogP contribution in [0, 0.1) is 5.41 Å². The van der Waals surface area contributed by atoms with E-state index in [1.807, 2.05) is 51.1 Å². The Bertz CT molecular complexity index is 420. The summed E-state index contributed by atoms with van der Waals surface area (Å²) in [7, 11) is 0. The molecule has 0 fully saturated rings. The van der Waals surface area contributed by atoms with Gasteiger partial charge < -0.3 is 4.74 Å². The van der Waals surface area contributed by atoms with Crippen LogP contribution in [-0.4, -0.2) is 5.97 Å². The summed E-state index contributed by atoms with van der Waals surface area (Å²) in [4.78, 5) is 11.8. The van der Waals surface area contributed by atoms with Gasteiger partial charge in [-0.1, -0.05) is 36.9 Å². The number of carbonyl (C=O) groups excluding carboxylic acids is 1. The van der Waals surface area contributed by atoms with E-state index in [1.165, 1.54) is 0 Å². The van der Waals surface area contributed by atoms with E-state index in [2.05, 4.69) is 12.3 Å². The van der Waals surface area contributed by atoms with Gasteiger partial charge in [0.2, 0.25) is 0 Å². The Kier molecular flexibility index (Phi) is 4.30. The Morgan fingerprint density at radius 1 is 1.35 bits per heavy atom. The van der Waals surface area contributed by atoms with Gasteiger partial charge in [0.05, 0.1) is 5.41 Å². The monoisotopic (exact) mass is 230 g/mol. The van der Waals surface area contributed by atoms with Crippen LogP contribution in [0.25, 0.3) is 0 Å². The Labute approximate surface area is 103 Å². The molecule has 0 aromatic heterocycles. The number of esters is 1. The molecule has 1 aromatic rings. The topological polar surface area (TPSA) is 26.3 Å². The minimum Gasteiger partial charge on any atom is -0.452 e. The van der Waals surface area contributed by atoms with Gasteiger partial charge in [0.25, 0.3) is 0 Å². The van der Waals surface area contributed by atoms with Crippen molar-refractivity contribution in [2.24, 2.45) is 5.41 Å². The van der Waals surface area contributed by atoms with Crippen molar-refractivity contribution in [3.63, 3.8) is 0 Å². The van der Waals surface area contributed by atoms with E-state index in [9.17, 15) is 4.79 Å². The molecule has 0 amide bonds. The predicted octanol–water partition coefficient (Wildman–Crippen LogP) is 3.66. The molecular formula is C15H18O2. The van der Waals surface area contributed by atoms with Crippen molar-refractivity contribution in [3.8, 4) is 0 Å². The predicted molar refractivity (Wildman–Crippen MR) is 68.4 cm³/mol. The van der Waals surface area contributed by atoms with Gasteiger partial charge in [-0.05, 0) is 26.3 Å². The highest BCUT2D eigenvalue weighted by Gasteiger charge is 2.26. The first-order valence-electron chi connectivity index (χ1n) is 5.57. The van der Waals surface area contributed by atoms with E-state index in [1.54, 1.807) is 6.08 Å². The molecule has 1 unspecified atom stereocenters. The number of ether oxygens (including phenoxy) is 1. The molecule has 0 aliphatic carbocycles. The maximum absolute atomic E-state index is 11.8. The van der Waals surface area contributed by atoms with E-state index in [4.69, 9.17) is 4.74 Å². The van der Waals surface area contributed by atoms with Crippen molar-refractivity contribution in [3.05, 3.63) is 54.3 Å². The second-order valence-electron chi connectivity index (χ2n) is 4.86. The molecule has 0 aliphatic heterocycles. The summed E-state index contributed by atoms with van der Waals surface area (Å²) in [5.74, 6) is -0.238. The van der Waals surface area contributed by atoms with E-state index in [-0.39, 0.29) is 5.97 Å². The van der Waals surface area contributed by atoms with Crippen molar-refractivity contribution >= 4 is 5.97 Å². The molecule has 90 valence electrons. The van der Waals surface area contributed by atoms with Crippen LogP contribution >= 0.6 is 0 Å². The highest BCUT2D eigenvalue weighted by molar-refractivity contribution is 5.75. The Morgan fingerprint density at radius 3 is 2.41 bits per heavy atom. The second kappa shape index (κ2) is 5.51. The molecule has 0 bridgehead atoms. The van der Waals surface area contributed by atoms with Crippen LogP contribution in [0.2, 0.25) is 0 Å². The summed E-state index contributed by atoms with van der Waals surface area (Å²) in [6.07, 6.45) is 1.24. The minimum absolute atomic E-state index is 0.238. The van der Waals surface area contributed by atoms with Crippen LogP contribution < -0.4 is 0 Å². The molecule has 2 heteroatoms. The quantitative estimate of drug-likeness (QED) is 0.585. The Hall–Kier alpha value is -1.79. The first-order valence-corrected chi connectivity index (χ1v) is 5.57. The van der Waals surface area contributed by atoms with Crippen LogP contribution in [0.15, 0.2) is 48.7 Å². The van der Waals surface area contributed by atoms with E-state index in [0.29, 0.717) is 0 Å². The number of benzene rings is 1. The van der Waals surface area contributed by atoms with Gasteiger partial charge in [-0.3, -0.25) is 4.79 Å². The van der Waals surface area contributed by atoms with Gasteiger partial charge in [0.15, 0.2) is 6.10 Å².